The third kappa shape index (κ3) is 1.78. The Morgan fingerprint density at radius 3 is 2.80 bits per heavy atom. The molecule has 3 amide bonds. The van der Waals surface area contributed by atoms with Crippen molar-refractivity contribution in [1.29, 1.82) is 0 Å². The summed E-state index contributed by atoms with van der Waals surface area (Å²) in [5.41, 5.74) is 0.640. The molecular formula is C11H9N3O5S. The Hall–Kier alpha value is -2.29. The molecule has 0 saturated carbocycles. The first-order chi connectivity index (χ1) is 9.49. The highest BCUT2D eigenvalue weighted by atomic mass is 32.1. The summed E-state index contributed by atoms with van der Waals surface area (Å²) in [5.74, 6) is -1.28. The Labute approximate surface area is 116 Å². The number of carbonyl (C=O) groups is 3. The summed E-state index contributed by atoms with van der Waals surface area (Å²) in [6, 6.07) is -0.739. The number of piperidine rings is 1. The average molecular weight is 295 g/mol. The number of fused-ring (bicyclic) bond motifs is 1. The quantitative estimate of drug-likeness (QED) is 0.483. The van der Waals surface area contributed by atoms with Crippen LogP contribution in [0, 0.1) is 10.1 Å². The van der Waals surface area contributed by atoms with Gasteiger partial charge in [-0.15, -0.1) is 0 Å². The molecule has 2 aliphatic rings. The highest BCUT2D eigenvalue weighted by molar-refractivity contribution is 7.13. The zero-order valence-corrected chi connectivity index (χ0v) is 10.9. The fraction of sp³-hybridized carbons (Fsp3) is 0.364. The van der Waals surface area contributed by atoms with Gasteiger partial charge in [0.2, 0.25) is 11.8 Å². The molecule has 1 aromatic heterocycles. The molecule has 104 valence electrons. The van der Waals surface area contributed by atoms with E-state index >= 15 is 0 Å². The molecule has 1 fully saturated rings. The van der Waals surface area contributed by atoms with E-state index in [1.165, 1.54) is 10.3 Å². The Bertz CT molecular complexity index is 652. The lowest BCUT2D eigenvalue weighted by Gasteiger charge is -2.29. The van der Waals surface area contributed by atoms with E-state index in [4.69, 9.17) is 0 Å². The molecular weight excluding hydrogens is 286 g/mol. The molecule has 0 aliphatic carbocycles. The minimum Gasteiger partial charge on any atom is -0.322 e. The SMILES string of the molecule is O=C1CCC(N2Cc3c(csc3[N+](=O)[O-])C2=O)C(=O)N1. The third-order valence-corrected chi connectivity index (χ3v) is 4.42. The minimum atomic E-state index is -0.739. The van der Waals surface area contributed by atoms with Crippen LogP contribution in [-0.2, 0) is 16.1 Å². The van der Waals surface area contributed by atoms with Gasteiger partial charge in [-0.05, 0) is 6.42 Å². The number of hydrogen-bond donors (Lipinski definition) is 1. The topological polar surface area (TPSA) is 110 Å². The summed E-state index contributed by atoms with van der Waals surface area (Å²) < 4.78 is 0. The van der Waals surface area contributed by atoms with Crippen LogP contribution >= 0.6 is 11.3 Å². The Morgan fingerprint density at radius 1 is 1.40 bits per heavy atom. The van der Waals surface area contributed by atoms with Gasteiger partial charge >= 0.3 is 5.00 Å². The number of rotatable bonds is 2. The smallest absolute Gasteiger partial charge is 0.322 e. The van der Waals surface area contributed by atoms with Crippen LogP contribution in [0.15, 0.2) is 5.38 Å². The average Bonchev–Trinajstić information content (AvgIpc) is 2.91. The number of amides is 3. The van der Waals surface area contributed by atoms with Crippen LogP contribution < -0.4 is 5.32 Å². The predicted molar refractivity (Wildman–Crippen MR) is 67.0 cm³/mol. The maximum atomic E-state index is 12.2. The van der Waals surface area contributed by atoms with Crippen molar-refractivity contribution in [2.75, 3.05) is 0 Å². The normalized spacial score (nSPS) is 21.9. The molecule has 9 heteroatoms. The highest BCUT2D eigenvalue weighted by Gasteiger charge is 2.42. The van der Waals surface area contributed by atoms with Crippen molar-refractivity contribution < 1.29 is 19.3 Å². The zero-order chi connectivity index (χ0) is 14.4. The van der Waals surface area contributed by atoms with Crippen molar-refractivity contribution in [2.24, 2.45) is 0 Å². The van der Waals surface area contributed by atoms with Gasteiger partial charge in [-0.25, -0.2) is 0 Å². The van der Waals surface area contributed by atoms with E-state index in [2.05, 4.69) is 5.32 Å². The lowest BCUT2D eigenvalue weighted by Crippen LogP contribution is -2.52. The van der Waals surface area contributed by atoms with Gasteiger partial charge in [0, 0.05) is 11.8 Å². The van der Waals surface area contributed by atoms with Gasteiger partial charge in [-0.3, -0.25) is 29.8 Å². The van der Waals surface area contributed by atoms with Gasteiger partial charge in [-0.1, -0.05) is 11.3 Å². The molecule has 0 spiro atoms. The summed E-state index contributed by atoms with van der Waals surface area (Å²) in [4.78, 5) is 46.7. The summed E-state index contributed by atoms with van der Waals surface area (Å²) in [7, 11) is 0. The van der Waals surface area contributed by atoms with Gasteiger partial charge < -0.3 is 4.90 Å². The minimum absolute atomic E-state index is 0.0419. The maximum Gasteiger partial charge on any atom is 0.329 e. The first-order valence-corrected chi connectivity index (χ1v) is 6.76. The fourth-order valence-corrected chi connectivity index (χ4v) is 3.36. The van der Waals surface area contributed by atoms with Gasteiger partial charge in [0.25, 0.3) is 5.91 Å². The number of hydrogen-bond acceptors (Lipinski definition) is 6. The van der Waals surface area contributed by atoms with E-state index in [9.17, 15) is 24.5 Å². The van der Waals surface area contributed by atoms with Gasteiger partial charge in [-0.2, -0.15) is 0 Å². The molecule has 20 heavy (non-hydrogen) atoms. The molecule has 1 unspecified atom stereocenters. The number of nitrogens with one attached hydrogen (secondary N) is 1. The van der Waals surface area contributed by atoms with E-state index in [0.29, 0.717) is 5.56 Å². The Balaban J connectivity index is 1.88. The molecule has 3 rings (SSSR count). The van der Waals surface area contributed by atoms with Crippen LogP contribution in [0.4, 0.5) is 5.00 Å². The number of carbonyl (C=O) groups excluding carboxylic acids is 3. The van der Waals surface area contributed by atoms with Crippen LogP contribution in [0.5, 0.6) is 0 Å². The van der Waals surface area contributed by atoms with Crippen LogP contribution in [0.25, 0.3) is 0 Å². The summed E-state index contributed by atoms with van der Waals surface area (Å²) in [6.45, 7) is 0.0419. The van der Waals surface area contributed by atoms with Crippen molar-refractivity contribution in [3.63, 3.8) is 0 Å². The second kappa shape index (κ2) is 4.37. The van der Waals surface area contributed by atoms with E-state index < -0.39 is 16.9 Å². The van der Waals surface area contributed by atoms with Crippen molar-refractivity contribution in [3.8, 4) is 0 Å². The fourth-order valence-electron chi connectivity index (χ4n) is 2.49. The second-order valence-electron chi connectivity index (χ2n) is 4.59. The van der Waals surface area contributed by atoms with Crippen molar-refractivity contribution in [1.82, 2.24) is 10.2 Å². The molecule has 0 aromatic carbocycles. The monoisotopic (exact) mass is 295 g/mol. The molecule has 8 nitrogen and oxygen atoms in total. The molecule has 0 bridgehead atoms. The number of thiophene rings is 1. The van der Waals surface area contributed by atoms with E-state index in [-0.39, 0.29) is 41.8 Å². The number of imide groups is 1. The van der Waals surface area contributed by atoms with E-state index in [1.807, 2.05) is 0 Å². The first kappa shape index (κ1) is 12.7. The van der Waals surface area contributed by atoms with Gasteiger partial charge in [0.05, 0.1) is 22.6 Å². The first-order valence-electron chi connectivity index (χ1n) is 5.88. The largest absolute Gasteiger partial charge is 0.329 e. The summed E-state index contributed by atoms with van der Waals surface area (Å²) >= 11 is 0.912. The van der Waals surface area contributed by atoms with Crippen LogP contribution in [0.2, 0.25) is 0 Å². The van der Waals surface area contributed by atoms with Crippen LogP contribution in [0.3, 0.4) is 0 Å². The van der Waals surface area contributed by atoms with E-state index in [1.54, 1.807) is 0 Å². The molecule has 3 heterocycles. The van der Waals surface area contributed by atoms with Crippen LogP contribution in [-0.4, -0.2) is 33.6 Å². The number of nitro groups is 1. The Morgan fingerprint density at radius 2 is 2.15 bits per heavy atom. The maximum absolute atomic E-state index is 12.2. The Kier molecular flexibility index (Phi) is 2.78. The molecule has 1 aromatic rings. The van der Waals surface area contributed by atoms with Gasteiger partial charge in [0.1, 0.15) is 6.04 Å². The zero-order valence-electron chi connectivity index (χ0n) is 10.1. The molecule has 1 saturated heterocycles. The van der Waals surface area contributed by atoms with Crippen molar-refractivity contribution >= 4 is 34.1 Å². The van der Waals surface area contributed by atoms with Crippen molar-refractivity contribution in [3.05, 3.63) is 26.6 Å². The lowest BCUT2D eigenvalue weighted by molar-refractivity contribution is -0.380. The van der Waals surface area contributed by atoms with Gasteiger partial charge in [0.15, 0.2) is 0 Å². The second-order valence-corrected chi connectivity index (χ2v) is 5.45. The lowest BCUT2D eigenvalue weighted by atomic mass is 10.0. The molecule has 1 N–H and O–H groups in total. The summed E-state index contributed by atoms with van der Waals surface area (Å²) in [5, 5.41) is 14.4. The third-order valence-electron chi connectivity index (χ3n) is 3.44. The number of nitrogens with zero attached hydrogens (tertiary/aromatic N) is 2. The standard InChI is InChI=1S/C11H9N3O5S/c15-8-2-1-7(9(16)12-8)13-3-5-6(10(13)17)4-20-11(5)14(18)19/h4,7H,1-3H2,(H,12,15,16). The molecule has 0 radical (unpaired) electrons. The predicted octanol–water partition coefficient (Wildman–Crippen LogP) is 0.417. The highest BCUT2D eigenvalue weighted by Crippen LogP contribution is 2.38. The van der Waals surface area contributed by atoms with Crippen LogP contribution in [0.1, 0.15) is 28.8 Å². The van der Waals surface area contributed by atoms with E-state index in [0.717, 1.165) is 11.3 Å². The molecule has 2 aliphatic heterocycles. The summed E-state index contributed by atoms with van der Waals surface area (Å²) in [6.07, 6.45) is 0.410. The molecule has 1 atom stereocenters. The van der Waals surface area contributed by atoms with Crippen molar-refractivity contribution in [2.45, 2.75) is 25.4 Å².